The first kappa shape index (κ1) is 47.6. The Hall–Kier alpha value is -7.45. The van der Waals surface area contributed by atoms with E-state index in [1.165, 1.54) is 35.5 Å². The fraction of sp³-hybridized carbons (Fsp3) is 0.182. The number of hydrogen-bond acceptors (Lipinski definition) is 13. The van der Waals surface area contributed by atoms with Crippen LogP contribution in [-0.4, -0.2) is 85.0 Å². The first-order valence-electron chi connectivity index (χ1n) is 18.6. The second-order valence-electron chi connectivity index (χ2n) is 14.3. The molecule has 0 fully saturated rings. The number of benzene rings is 2. The highest BCUT2D eigenvalue weighted by molar-refractivity contribution is 7.91. The van der Waals surface area contributed by atoms with Crippen molar-refractivity contribution in [2.75, 3.05) is 43.0 Å². The Morgan fingerprint density at radius 1 is 0.672 bits per heavy atom. The lowest BCUT2D eigenvalue weighted by atomic mass is 10.1. The third-order valence-electron chi connectivity index (χ3n) is 9.42. The van der Waals surface area contributed by atoms with Crippen LogP contribution in [0.25, 0.3) is 9.69 Å². The zero-order chi connectivity index (χ0) is 45.6. The van der Waals surface area contributed by atoms with E-state index < -0.39 is 19.7 Å². The van der Waals surface area contributed by atoms with E-state index in [1.807, 2.05) is 0 Å². The van der Waals surface area contributed by atoms with Crippen LogP contribution in [0.4, 0.5) is 39.9 Å². The lowest BCUT2D eigenvalue weighted by Gasteiger charge is -2.15. The Morgan fingerprint density at radius 2 is 1.14 bits per heavy atom. The van der Waals surface area contributed by atoms with Gasteiger partial charge in [-0.15, -0.1) is 0 Å². The number of nitrogens with two attached hydrogens (primary N) is 1. The summed E-state index contributed by atoms with van der Waals surface area (Å²) >= 11 is 6.02. The second kappa shape index (κ2) is 19.7. The number of nitrogens with one attached hydrogen (secondary N) is 2. The lowest BCUT2D eigenvalue weighted by molar-refractivity contribution is 0.0809. The minimum Gasteiger partial charge on any atom is -0.384 e. The highest BCUT2D eigenvalue weighted by Crippen LogP contribution is 2.35. The van der Waals surface area contributed by atoms with Gasteiger partial charge in [-0.05, 0) is 42.5 Å². The number of fused-ring (bicyclic) bond motifs is 2. The highest BCUT2D eigenvalue weighted by Gasteiger charge is 2.31. The molecule has 8 rings (SSSR count). The second-order valence-corrected chi connectivity index (χ2v) is 18.6. The molecule has 20 heteroatoms. The van der Waals surface area contributed by atoms with E-state index in [-0.39, 0.29) is 34.2 Å². The van der Waals surface area contributed by atoms with Gasteiger partial charge in [0.05, 0.1) is 81.3 Å². The van der Waals surface area contributed by atoms with E-state index in [9.17, 15) is 26.4 Å². The molecule has 2 aromatic carbocycles. The first-order chi connectivity index (χ1) is 29.9. The summed E-state index contributed by atoms with van der Waals surface area (Å²) in [6.45, 7) is 14.3. The van der Waals surface area contributed by atoms with Gasteiger partial charge in [-0.25, -0.2) is 31.5 Å². The van der Waals surface area contributed by atoms with Crippen LogP contribution in [0.15, 0.2) is 107 Å². The number of nitrogens with zero attached hydrogens (tertiary/aromatic N) is 8. The van der Waals surface area contributed by atoms with Crippen LogP contribution in [0.3, 0.4) is 0 Å². The number of pyridine rings is 4. The molecule has 4 aromatic heterocycles. The van der Waals surface area contributed by atoms with E-state index in [4.69, 9.17) is 30.5 Å². The summed E-state index contributed by atoms with van der Waals surface area (Å²) in [6, 6.07) is 23.1. The molecule has 0 radical (unpaired) electrons. The molecule has 2 aliphatic rings. The SMILES string of the molecule is C.CN1Cc2nc(Cl)cc(Nc3ccccc3S(C)(=O)=O)c2C1=O.[C-]#[N+]c1ccc(Cc2cc(Nc3ccccc3S(C)(=O)=O)c3c(n2)CN(C)C3=O)nc1.[C-]#[N+]c1ccc(N)nc1. The number of carbonyl (C=O) groups is 2. The first-order valence-corrected chi connectivity index (χ1v) is 22.8. The molecular weight excluding hydrogens is 878 g/mol. The van der Waals surface area contributed by atoms with Crippen LogP contribution < -0.4 is 16.4 Å². The normalized spacial score (nSPS) is 12.5. The third kappa shape index (κ3) is 11.1. The average molecular weight is 920 g/mol. The third-order valence-corrected chi connectivity index (χ3v) is 11.9. The van der Waals surface area contributed by atoms with Gasteiger partial charge in [0.1, 0.15) is 11.0 Å². The molecule has 4 N–H and O–H groups in total. The van der Waals surface area contributed by atoms with Crippen molar-refractivity contribution in [3.63, 3.8) is 0 Å². The maximum atomic E-state index is 12.7. The number of rotatable bonds is 8. The van der Waals surface area contributed by atoms with Gasteiger partial charge in [0.2, 0.25) is 11.4 Å². The molecule has 0 spiro atoms. The maximum absolute atomic E-state index is 12.7. The summed E-state index contributed by atoms with van der Waals surface area (Å²) in [7, 11) is -3.50. The van der Waals surface area contributed by atoms with Crippen molar-refractivity contribution >= 4 is 83.0 Å². The summed E-state index contributed by atoms with van der Waals surface area (Å²) < 4.78 is 48.2. The molecule has 17 nitrogen and oxygen atoms in total. The molecule has 6 heterocycles. The number of hydrogen-bond donors (Lipinski definition) is 3. The molecule has 0 bridgehead atoms. The molecule has 328 valence electrons. The van der Waals surface area contributed by atoms with Gasteiger partial charge in [-0.3, -0.25) is 24.5 Å². The zero-order valence-corrected chi connectivity index (χ0v) is 36.5. The highest BCUT2D eigenvalue weighted by atomic mass is 35.5. The van der Waals surface area contributed by atoms with Crippen LogP contribution in [0, 0.1) is 13.1 Å². The maximum Gasteiger partial charge on any atom is 0.257 e. The van der Waals surface area contributed by atoms with Crippen molar-refractivity contribution in [2.24, 2.45) is 0 Å². The van der Waals surface area contributed by atoms with Crippen LogP contribution in [0.1, 0.15) is 50.9 Å². The number of carbonyl (C=O) groups excluding carboxylic acids is 2. The summed E-state index contributed by atoms with van der Waals surface area (Å²) in [5, 5.41) is 6.41. The summed E-state index contributed by atoms with van der Waals surface area (Å²) in [5.74, 6) is 0.0961. The van der Waals surface area contributed by atoms with Gasteiger partial charge in [-0.1, -0.05) is 61.5 Å². The van der Waals surface area contributed by atoms with Crippen molar-refractivity contribution < 1.29 is 26.4 Å². The molecule has 0 aliphatic carbocycles. The standard InChI is InChI=1S/C22H19N5O3S.C15H14ClN3O3S.C6H5N3.CH4/c1-23-15-9-8-14(24-12-15)10-16-11-18(21-19(25-16)13-27(2)22(21)28)26-17-6-4-5-7-20(17)31(3,29)30;1-19-8-11-14(15(19)20)10(7-13(16)18-11)17-9-5-3-4-6-12(9)23(2,21)22;1-8-5-2-3-6(7)9-4-5;/h4-9,11-12H,10,13H2,2-3H3,(H,25,26);3-7H,8H2,1-2H3,(H,17,18);2-4H,(H2,7,9);1H4. The molecular formula is C44H42ClN11O6S2. The van der Waals surface area contributed by atoms with Crippen molar-refractivity contribution in [1.29, 1.82) is 0 Å². The van der Waals surface area contributed by atoms with E-state index in [0.29, 0.717) is 87.7 Å². The van der Waals surface area contributed by atoms with Gasteiger partial charge < -0.3 is 26.2 Å². The molecule has 6 aromatic rings. The van der Waals surface area contributed by atoms with Crippen LogP contribution in [-0.2, 0) is 39.2 Å². The smallest absolute Gasteiger partial charge is 0.257 e. The lowest BCUT2D eigenvalue weighted by Crippen LogP contribution is -2.18. The largest absolute Gasteiger partial charge is 0.384 e. The average Bonchev–Trinajstić information content (AvgIpc) is 3.69. The van der Waals surface area contributed by atoms with E-state index in [1.54, 1.807) is 85.7 Å². The van der Waals surface area contributed by atoms with Gasteiger partial charge >= 0.3 is 0 Å². The van der Waals surface area contributed by atoms with Gasteiger partial charge in [0.15, 0.2) is 19.7 Å². The fourth-order valence-corrected chi connectivity index (χ4v) is 8.40. The quantitative estimate of drug-likeness (QED) is 0.0987. The number of amides is 2. The molecule has 2 amide bonds. The number of sulfone groups is 2. The van der Waals surface area contributed by atoms with Crippen molar-refractivity contribution in [3.05, 3.63) is 159 Å². The topological polar surface area (TPSA) is 219 Å². The van der Waals surface area contributed by atoms with Crippen LogP contribution >= 0.6 is 11.6 Å². The summed E-state index contributed by atoms with van der Waals surface area (Å²) in [4.78, 5) is 51.7. The molecule has 0 atom stereocenters. The molecule has 0 unspecified atom stereocenters. The minimum atomic E-state index is -3.46. The summed E-state index contributed by atoms with van der Waals surface area (Å²) in [5.41, 5.74) is 11.5. The van der Waals surface area contributed by atoms with Crippen LogP contribution in [0.5, 0.6) is 0 Å². The van der Waals surface area contributed by atoms with Crippen molar-refractivity contribution in [2.45, 2.75) is 36.7 Å². The Kier molecular flexibility index (Phi) is 14.7. The fourth-order valence-electron chi connectivity index (χ4n) is 6.50. The van der Waals surface area contributed by atoms with Gasteiger partial charge in [0, 0.05) is 56.8 Å². The van der Waals surface area contributed by atoms with E-state index in [2.05, 4.69) is 40.3 Å². The number of halogens is 1. The van der Waals surface area contributed by atoms with Gasteiger partial charge in [0.25, 0.3) is 11.8 Å². The Labute approximate surface area is 376 Å². The van der Waals surface area contributed by atoms with Gasteiger partial charge in [-0.2, -0.15) is 0 Å². The Balaban J connectivity index is 0.000000204. The van der Waals surface area contributed by atoms with E-state index >= 15 is 0 Å². The zero-order valence-electron chi connectivity index (χ0n) is 34.2. The molecule has 64 heavy (non-hydrogen) atoms. The minimum absolute atomic E-state index is 0. The Bertz CT molecular complexity index is 3070. The number of nitrogen functional groups attached to an aromatic ring is 1. The number of para-hydroxylation sites is 2. The van der Waals surface area contributed by atoms with E-state index in [0.717, 1.165) is 18.2 Å². The molecule has 0 saturated heterocycles. The predicted octanol–water partition coefficient (Wildman–Crippen LogP) is 7.67. The van der Waals surface area contributed by atoms with Crippen LogP contribution in [0.2, 0.25) is 5.15 Å². The number of anilines is 5. The number of aromatic nitrogens is 4. The predicted molar refractivity (Wildman–Crippen MR) is 246 cm³/mol. The molecule has 0 saturated carbocycles. The van der Waals surface area contributed by atoms with Crippen molar-refractivity contribution in [1.82, 2.24) is 29.7 Å². The Morgan fingerprint density at radius 3 is 1.59 bits per heavy atom. The molecule has 2 aliphatic heterocycles. The van der Waals surface area contributed by atoms with Crippen molar-refractivity contribution in [3.8, 4) is 0 Å². The monoisotopic (exact) mass is 919 g/mol. The summed E-state index contributed by atoms with van der Waals surface area (Å²) in [6.07, 6.45) is 5.65.